The first-order valence-electron chi connectivity index (χ1n) is 11.2. The van der Waals surface area contributed by atoms with Crippen LogP contribution in [-0.2, 0) is 0 Å². The van der Waals surface area contributed by atoms with Crippen molar-refractivity contribution in [1.82, 2.24) is 10.2 Å². The van der Waals surface area contributed by atoms with E-state index in [1.807, 2.05) is 128 Å². The van der Waals surface area contributed by atoms with Crippen molar-refractivity contribution in [3.8, 4) is 0 Å². The number of carbonyl (C=O) groups excluding carboxylic acids is 1. The van der Waals surface area contributed by atoms with Gasteiger partial charge in [0.25, 0.3) is 5.91 Å². The van der Waals surface area contributed by atoms with Crippen LogP contribution in [0.2, 0.25) is 0 Å². The number of nitrogens with one attached hydrogen (secondary N) is 1. The Labute approximate surface area is 200 Å². The summed E-state index contributed by atoms with van der Waals surface area (Å²) in [7, 11) is 3.58. The van der Waals surface area contributed by atoms with Crippen molar-refractivity contribution in [2.45, 2.75) is 0 Å². The van der Waals surface area contributed by atoms with E-state index in [4.69, 9.17) is 0 Å². The van der Waals surface area contributed by atoms with E-state index in [9.17, 15) is 4.79 Å². The molecule has 0 fully saturated rings. The molecule has 0 radical (unpaired) electrons. The zero-order valence-corrected chi connectivity index (χ0v) is 19.3. The highest BCUT2D eigenvalue weighted by atomic mass is 16.2. The van der Waals surface area contributed by atoms with E-state index in [-0.39, 0.29) is 5.91 Å². The molecule has 34 heavy (non-hydrogen) atoms. The number of aliphatic imine (C=N–C) groups is 1. The average molecular weight is 446 g/mol. The van der Waals surface area contributed by atoms with Crippen molar-refractivity contribution in [2.75, 3.05) is 14.1 Å². The van der Waals surface area contributed by atoms with Gasteiger partial charge in [-0.2, -0.15) is 0 Å². The van der Waals surface area contributed by atoms with Gasteiger partial charge in [-0.05, 0) is 12.1 Å². The van der Waals surface area contributed by atoms with Gasteiger partial charge in [0.15, 0.2) is 0 Å². The van der Waals surface area contributed by atoms with Gasteiger partial charge in [0.2, 0.25) is 0 Å². The predicted octanol–water partition coefficient (Wildman–Crippen LogP) is 5.95. The Morgan fingerprint density at radius 2 is 1.03 bits per heavy atom. The van der Waals surface area contributed by atoms with E-state index in [1.54, 1.807) is 11.9 Å². The molecular formula is C30H27N3O. The Kier molecular flexibility index (Phi) is 7.31. The first kappa shape index (κ1) is 22.7. The molecule has 4 heteroatoms. The number of hydrogen-bond acceptors (Lipinski definition) is 2. The van der Waals surface area contributed by atoms with Crippen LogP contribution in [0.5, 0.6) is 0 Å². The maximum Gasteiger partial charge on any atom is 0.258 e. The Morgan fingerprint density at radius 3 is 1.50 bits per heavy atom. The molecule has 0 aliphatic carbocycles. The van der Waals surface area contributed by atoms with Gasteiger partial charge < -0.3 is 10.2 Å². The lowest BCUT2D eigenvalue weighted by Gasteiger charge is -2.26. The molecule has 0 unspecified atom stereocenters. The molecule has 0 atom stereocenters. The molecule has 168 valence electrons. The molecule has 0 saturated carbocycles. The van der Waals surface area contributed by atoms with Gasteiger partial charge in [-0.3, -0.25) is 9.79 Å². The van der Waals surface area contributed by atoms with Gasteiger partial charge >= 0.3 is 0 Å². The lowest BCUT2D eigenvalue weighted by Crippen LogP contribution is -2.31. The second kappa shape index (κ2) is 10.9. The van der Waals surface area contributed by atoms with Crippen LogP contribution in [0.25, 0.3) is 11.4 Å². The summed E-state index contributed by atoms with van der Waals surface area (Å²) in [5, 5.41) is 3.56. The molecular weight excluding hydrogens is 418 g/mol. The summed E-state index contributed by atoms with van der Waals surface area (Å²) < 4.78 is 0. The monoisotopic (exact) mass is 445 g/mol. The smallest absolute Gasteiger partial charge is 0.258 e. The third-order valence-corrected chi connectivity index (χ3v) is 5.52. The van der Waals surface area contributed by atoms with Crippen molar-refractivity contribution in [2.24, 2.45) is 4.99 Å². The highest BCUT2D eigenvalue weighted by molar-refractivity contribution is 6.09. The summed E-state index contributed by atoms with van der Waals surface area (Å²) in [4.78, 5) is 19.8. The molecule has 4 aromatic carbocycles. The quantitative estimate of drug-likeness (QED) is 0.226. The van der Waals surface area contributed by atoms with Crippen LogP contribution in [0.4, 0.5) is 0 Å². The molecule has 0 aliphatic rings. The molecule has 0 bridgehead atoms. The van der Waals surface area contributed by atoms with E-state index < -0.39 is 0 Å². The van der Waals surface area contributed by atoms with Crippen molar-refractivity contribution in [1.29, 1.82) is 0 Å². The fourth-order valence-electron chi connectivity index (χ4n) is 3.82. The maximum atomic E-state index is 13.6. The second-order valence-electron chi connectivity index (χ2n) is 7.75. The number of amides is 1. The zero-order valence-electron chi connectivity index (χ0n) is 19.3. The SMILES string of the molecule is CN=C(N/C(=C(/c1ccccc1)N(C)C(=O)c1ccccc1)c1ccccc1)c1ccccc1. The summed E-state index contributed by atoms with van der Waals surface area (Å²) in [6.45, 7) is 0. The number of carbonyl (C=O) groups is 1. The summed E-state index contributed by atoms with van der Waals surface area (Å²) in [6, 6.07) is 39.3. The average Bonchev–Trinajstić information content (AvgIpc) is 2.92. The Balaban J connectivity index is 1.92. The second-order valence-corrected chi connectivity index (χ2v) is 7.75. The molecule has 1 amide bonds. The third kappa shape index (κ3) is 5.13. The summed E-state index contributed by atoms with van der Waals surface area (Å²) in [6.07, 6.45) is 0. The van der Waals surface area contributed by atoms with Gasteiger partial charge in [0.1, 0.15) is 5.84 Å². The molecule has 0 spiro atoms. The normalized spacial score (nSPS) is 12.0. The minimum absolute atomic E-state index is 0.0932. The standard InChI is InChI=1S/C30H27N3O/c1-31-29(25-19-11-5-12-20-25)32-27(23-15-7-3-8-16-23)28(24-17-9-4-10-18-24)33(2)30(34)26-21-13-6-14-22-26/h3-22H,1-2H3,(H,31,32)/b28-27-. The summed E-state index contributed by atoms with van der Waals surface area (Å²) >= 11 is 0. The topological polar surface area (TPSA) is 44.7 Å². The highest BCUT2D eigenvalue weighted by Gasteiger charge is 2.23. The van der Waals surface area contributed by atoms with E-state index in [0.29, 0.717) is 11.4 Å². The lowest BCUT2D eigenvalue weighted by atomic mass is 10.0. The number of nitrogens with zero attached hydrogens (tertiary/aromatic N) is 2. The minimum atomic E-state index is -0.0932. The third-order valence-electron chi connectivity index (χ3n) is 5.52. The van der Waals surface area contributed by atoms with Crippen molar-refractivity contribution in [3.63, 3.8) is 0 Å². The van der Waals surface area contributed by atoms with E-state index in [1.165, 1.54) is 0 Å². The van der Waals surface area contributed by atoms with Gasteiger partial charge in [-0.25, -0.2) is 0 Å². The Bertz CT molecular complexity index is 1280. The zero-order chi connectivity index (χ0) is 23.8. The van der Waals surface area contributed by atoms with E-state index in [2.05, 4.69) is 10.3 Å². The molecule has 4 aromatic rings. The van der Waals surface area contributed by atoms with Gasteiger partial charge in [0.05, 0.1) is 11.4 Å². The molecule has 4 nitrogen and oxygen atoms in total. The number of benzene rings is 4. The fraction of sp³-hybridized carbons (Fsp3) is 0.0667. The number of rotatable bonds is 6. The Hall–Kier alpha value is -4.44. The molecule has 0 saturated heterocycles. The molecule has 0 aliphatic heterocycles. The predicted molar refractivity (Wildman–Crippen MR) is 140 cm³/mol. The van der Waals surface area contributed by atoms with Crippen molar-refractivity contribution in [3.05, 3.63) is 144 Å². The number of amidine groups is 1. The lowest BCUT2D eigenvalue weighted by molar-refractivity contribution is 0.0861. The molecule has 1 N–H and O–H groups in total. The Morgan fingerprint density at radius 1 is 0.618 bits per heavy atom. The van der Waals surface area contributed by atoms with Crippen molar-refractivity contribution >= 4 is 23.1 Å². The van der Waals surface area contributed by atoms with Gasteiger partial charge in [-0.15, -0.1) is 0 Å². The number of hydrogen-bond donors (Lipinski definition) is 1. The van der Waals surface area contributed by atoms with Crippen LogP contribution in [0, 0.1) is 0 Å². The minimum Gasteiger partial charge on any atom is -0.338 e. The van der Waals surface area contributed by atoms with Crippen LogP contribution < -0.4 is 5.32 Å². The van der Waals surface area contributed by atoms with Gasteiger partial charge in [0, 0.05) is 36.3 Å². The first-order chi connectivity index (χ1) is 16.7. The van der Waals surface area contributed by atoms with E-state index in [0.717, 1.165) is 28.1 Å². The van der Waals surface area contributed by atoms with Crippen molar-refractivity contribution < 1.29 is 4.79 Å². The van der Waals surface area contributed by atoms with Gasteiger partial charge in [-0.1, -0.05) is 109 Å². The largest absolute Gasteiger partial charge is 0.338 e. The van der Waals surface area contributed by atoms with Crippen LogP contribution in [0.3, 0.4) is 0 Å². The maximum absolute atomic E-state index is 13.6. The van der Waals surface area contributed by atoms with Crippen LogP contribution in [-0.4, -0.2) is 30.7 Å². The first-order valence-corrected chi connectivity index (χ1v) is 11.2. The summed E-state index contributed by atoms with van der Waals surface area (Å²) in [5.41, 5.74) is 5.01. The van der Waals surface area contributed by atoms with E-state index >= 15 is 0 Å². The molecule has 0 aromatic heterocycles. The molecule has 0 heterocycles. The highest BCUT2D eigenvalue weighted by Crippen LogP contribution is 2.29. The molecule has 4 rings (SSSR count). The summed E-state index contributed by atoms with van der Waals surface area (Å²) in [5.74, 6) is 0.623. The fourth-order valence-corrected chi connectivity index (χ4v) is 3.82. The van der Waals surface area contributed by atoms with Crippen LogP contribution >= 0.6 is 0 Å². The van der Waals surface area contributed by atoms with Crippen LogP contribution in [0.15, 0.2) is 126 Å². The van der Waals surface area contributed by atoms with Crippen LogP contribution in [0.1, 0.15) is 27.0 Å².